The van der Waals surface area contributed by atoms with Crippen LogP contribution in [0.5, 0.6) is 0 Å². The first kappa shape index (κ1) is 17.3. The lowest BCUT2D eigenvalue weighted by Gasteiger charge is -2.22. The Bertz CT molecular complexity index is 925. The molecule has 1 unspecified atom stereocenters. The number of amides is 2. The molecular weight excluding hydrogens is 364 g/mol. The van der Waals surface area contributed by atoms with Crippen LogP contribution in [-0.4, -0.2) is 49.3 Å². The summed E-state index contributed by atoms with van der Waals surface area (Å²) < 4.78 is 1.63. The number of carbonyl (C=O) groups is 2. The summed E-state index contributed by atoms with van der Waals surface area (Å²) in [5.41, 5.74) is 1.32. The van der Waals surface area contributed by atoms with Crippen LogP contribution < -0.4 is 5.32 Å². The maximum Gasteiger partial charge on any atom is 0.276 e. The van der Waals surface area contributed by atoms with Crippen molar-refractivity contribution < 1.29 is 9.59 Å². The van der Waals surface area contributed by atoms with Crippen LogP contribution in [-0.2, 0) is 11.3 Å². The molecule has 3 heterocycles. The average molecular weight is 382 g/mol. The van der Waals surface area contributed by atoms with Crippen LogP contribution in [0.25, 0.3) is 0 Å². The van der Waals surface area contributed by atoms with E-state index in [9.17, 15) is 9.59 Å². The van der Waals surface area contributed by atoms with Crippen LogP contribution in [0.2, 0.25) is 0 Å². The second kappa shape index (κ2) is 7.67. The number of hydrogen-bond acceptors (Lipinski definition) is 6. The number of thiazole rings is 1. The third-order valence-corrected chi connectivity index (χ3v) is 5.11. The van der Waals surface area contributed by atoms with Crippen molar-refractivity contribution in [1.82, 2.24) is 24.9 Å². The number of likely N-dealkylation sites (tertiary alicyclic amines) is 1. The summed E-state index contributed by atoms with van der Waals surface area (Å²) in [7, 11) is 0. The quantitative estimate of drug-likeness (QED) is 0.729. The molecule has 2 aromatic heterocycles. The van der Waals surface area contributed by atoms with Gasteiger partial charge in [0.2, 0.25) is 5.91 Å². The summed E-state index contributed by atoms with van der Waals surface area (Å²) in [6.07, 6.45) is 4.66. The van der Waals surface area contributed by atoms with Crippen LogP contribution in [0.15, 0.2) is 48.1 Å². The van der Waals surface area contributed by atoms with Crippen molar-refractivity contribution in [2.24, 2.45) is 0 Å². The Kier molecular flexibility index (Phi) is 4.93. The summed E-state index contributed by atoms with van der Waals surface area (Å²) in [6.45, 7) is 1.06. The molecule has 27 heavy (non-hydrogen) atoms. The molecule has 4 rings (SSSR count). The van der Waals surface area contributed by atoms with E-state index in [-0.39, 0.29) is 17.5 Å². The highest BCUT2D eigenvalue weighted by atomic mass is 32.1. The molecule has 1 fully saturated rings. The normalized spacial score (nSPS) is 16.4. The van der Waals surface area contributed by atoms with Gasteiger partial charge in [-0.2, -0.15) is 0 Å². The molecule has 0 bridgehead atoms. The molecule has 1 aromatic carbocycles. The molecule has 1 atom stereocenters. The van der Waals surface area contributed by atoms with E-state index in [2.05, 4.69) is 20.6 Å². The lowest BCUT2D eigenvalue weighted by molar-refractivity contribution is -0.119. The number of nitrogens with zero attached hydrogens (tertiary/aromatic N) is 5. The number of nitrogens with one attached hydrogen (secondary N) is 1. The molecule has 0 saturated carbocycles. The van der Waals surface area contributed by atoms with Crippen molar-refractivity contribution in [2.45, 2.75) is 25.4 Å². The van der Waals surface area contributed by atoms with Crippen LogP contribution >= 0.6 is 11.3 Å². The average Bonchev–Trinajstić information content (AvgIpc) is 3.43. The largest absolute Gasteiger partial charge is 0.325 e. The molecule has 2 amide bonds. The summed E-state index contributed by atoms with van der Waals surface area (Å²) >= 11 is 1.35. The van der Waals surface area contributed by atoms with E-state index >= 15 is 0 Å². The molecule has 0 radical (unpaired) electrons. The minimum atomic E-state index is -0.513. The fourth-order valence-corrected chi connectivity index (χ4v) is 3.68. The predicted molar refractivity (Wildman–Crippen MR) is 100 cm³/mol. The Morgan fingerprint density at radius 1 is 1.26 bits per heavy atom. The van der Waals surface area contributed by atoms with Crippen molar-refractivity contribution >= 4 is 28.3 Å². The van der Waals surface area contributed by atoms with Crippen molar-refractivity contribution in [3.63, 3.8) is 0 Å². The summed E-state index contributed by atoms with van der Waals surface area (Å²) in [6, 6.07) is 9.32. The van der Waals surface area contributed by atoms with Crippen LogP contribution in [0, 0.1) is 0 Å². The molecule has 1 saturated heterocycles. The fourth-order valence-electron chi connectivity index (χ4n) is 3.15. The first-order valence-corrected chi connectivity index (χ1v) is 9.54. The molecule has 138 valence electrons. The molecule has 1 aliphatic rings. The first-order chi connectivity index (χ1) is 13.2. The van der Waals surface area contributed by atoms with E-state index in [4.69, 9.17) is 0 Å². The number of benzene rings is 1. The summed E-state index contributed by atoms with van der Waals surface area (Å²) in [4.78, 5) is 31.0. The summed E-state index contributed by atoms with van der Waals surface area (Å²) in [5, 5.41) is 13.1. The molecule has 0 aliphatic carbocycles. The highest BCUT2D eigenvalue weighted by molar-refractivity contribution is 7.13. The van der Waals surface area contributed by atoms with Gasteiger partial charge in [-0.15, -0.1) is 16.4 Å². The monoisotopic (exact) mass is 382 g/mol. The van der Waals surface area contributed by atoms with Crippen molar-refractivity contribution in [1.29, 1.82) is 0 Å². The van der Waals surface area contributed by atoms with Gasteiger partial charge in [0.1, 0.15) is 6.04 Å². The molecule has 9 heteroatoms. The Morgan fingerprint density at radius 2 is 2.11 bits per heavy atom. The minimum Gasteiger partial charge on any atom is -0.325 e. The van der Waals surface area contributed by atoms with Gasteiger partial charge in [0.25, 0.3) is 5.91 Å². The highest BCUT2D eigenvalue weighted by Gasteiger charge is 2.35. The standard InChI is InChI=1S/C18H18N6O2S/c25-16(20-18-19-8-10-27-18)15-7-4-9-24(15)17(26)14-12-23(22-21-14)11-13-5-2-1-3-6-13/h1-3,5-6,8,10,12,15H,4,7,9,11H2,(H,19,20,25). The first-order valence-electron chi connectivity index (χ1n) is 8.66. The van der Waals surface area contributed by atoms with E-state index in [1.165, 1.54) is 11.3 Å². The van der Waals surface area contributed by atoms with E-state index in [1.807, 2.05) is 30.3 Å². The van der Waals surface area contributed by atoms with Gasteiger partial charge in [-0.3, -0.25) is 9.59 Å². The van der Waals surface area contributed by atoms with Gasteiger partial charge in [0.15, 0.2) is 10.8 Å². The number of carbonyl (C=O) groups excluding carboxylic acids is 2. The van der Waals surface area contributed by atoms with Gasteiger partial charge >= 0.3 is 0 Å². The van der Waals surface area contributed by atoms with Gasteiger partial charge in [0.05, 0.1) is 12.7 Å². The van der Waals surface area contributed by atoms with Crippen LogP contribution in [0.3, 0.4) is 0 Å². The predicted octanol–water partition coefficient (Wildman–Crippen LogP) is 2.03. The smallest absolute Gasteiger partial charge is 0.276 e. The van der Waals surface area contributed by atoms with E-state index in [0.29, 0.717) is 24.6 Å². The molecule has 1 aliphatic heterocycles. The number of rotatable bonds is 5. The third-order valence-electron chi connectivity index (χ3n) is 4.42. The van der Waals surface area contributed by atoms with Crippen molar-refractivity contribution in [3.05, 3.63) is 59.4 Å². The zero-order chi connectivity index (χ0) is 18.6. The lowest BCUT2D eigenvalue weighted by atomic mass is 10.2. The van der Waals surface area contributed by atoms with Crippen LogP contribution in [0.4, 0.5) is 5.13 Å². The zero-order valence-corrected chi connectivity index (χ0v) is 15.3. The Morgan fingerprint density at radius 3 is 2.89 bits per heavy atom. The van der Waals surface area contributed by atoms with E-state index in [1.54, 1.807) is 27.4 Å². The molecule has 3 aromatic rings. The molecule has 8 nitrogen and oxygen atoms in total. The Balaban J connectivity index is 1.44. The fraction of sp³-hybridized carbons (Fsp3) is 0.278. The minimum absolute atomic E-state index is 0.215. The topological polar surface area (TPSA) is 93.0 Å². The number of hydrogen-bond donors (Lipinski definition) is 1. The Labute approximate surface area is 159 Å². The SMILES string of the molecule is O=C(Nc1nccs1)C1CCCN1C(=O)c1cn(Cc2ccccc2)nn1. The second-order valence-electron chi connectivity index (χ2n) is 6.27. The third kappa shape index (κ3) is 3.87. The second-order valence-corrected chi connectivity index (χ2v) is 7.16. The van der Waals surface area contributed by atoms with E-state index < -0.39 is 6.04 Å². The highest BCUT2D eigenvalue weighted by Crippen LogP contribution is 2.22. The zero-order valence-electron chi connectivity index (χ0n) is 14.5. The molecule has 1 N–H and O–H groups in total. The maximum atomic E-state index is 12.8. The van der Waals surface area contributed by atoms with Crippen LogP contribution in [0.1, 0.15) is 28.9 Å². The Hall–Kier alpha value is -3.07. The van der Waals surface area contributed by atoms with Crippen molar-refractivity contribution in [3.8, 4) is 0 Å². The van der Waals surface area contributed by atoms with Gasteiger partial charge in [0, 0.05) is 18.1 Å². The molecular formula is C18H18N6O2S. The van der Waals surface area contributed by atoms with Gasteiger partial charge in [-0.05, 0) is 18.4 Å². The number of anilines is 1. The van der Waals surface area contributed by atoms with E-state index in [0.717, 1.165) is 12.0 Å². The number of aromatic nitrogens is 4. The van der Waals surface area contributed by atoms with Gasteiger partial charge < -0.3 is 10.2 Å². The maximum absolute atomic E-state index is 12.8. The molecule has 0 spiro atoms. The van der Waals surface area contributed by atoms with Crippen molar-refractivity contribution in [2.75, 3.05) is 11.9 Å². The van der Waals surface area contributed by atoms with Gasteiger partial charge in [-0.25, -0.2) is 9.67 Å². The lowest BCUT2D eigenvalue weighted by Crippen LogP contribution is -2.43. The summed E-state index contributed by atoms with van der Waals surface area (Å²) in [5.74, 6) is -0.487. The van der Waals surface area contributed by atoms with Gasteiger partial charge in [-0.1, -0.05) is 35.5 Å².